The molecule has 212 valence electrons. The Balaban J connectivity index is 1.85. The largest absolute Gasteiger partial charge is 0.479 e. The Morgan fingerprint density at radius 2 is 1.52 bits per heavy atom. The van der Waals surface area contributed by atoms with Gasteiger partial charge in [-0.25, -0.2) is 18.4 Å². The Morgan fingerprint density at radius 3 is 2.10 bits per heavy atom. The third-order valence-electron chi connectivity index (χ3n) is 5.79. The van der Waals surface area contributed by atoms with E-state index in [1.54, 1.807) is 38.6 Å². The minimum absolute atomic E-state index is 0.107. The van der Waals surface area contributed by atoms with Gasteiger partial charge in [-0.05, 0) is 51.8 Å². The molecular weight excluding hydrogens is 538 g/mol. The van der Waals surface area contributed by atoms with Crippen LogP contribution in [0.5, 0.6) is 11.8 Å². The van der Waals surface area contributed by atoms with Gasteiger partial charge in [0.2, 0.25) is 27.7 Å². The van der Waals surface area contributed by atoms with E-state index in [-0.39, 0.29) is 41.1 Å². The van der Waals surface area contributed by atoms with Gasteiger partial charge in [0.1, 0.15) is 17.7 Å². The molecule has 15 heteroatoms. The van der Waals surface area contributed by atoms with E-state index in [1.807, 2.05) is 19.9 Å². The Bertz CT molecular complexity index is 1550. The van der Waals surface area contributed by atoms with Crippen molar-refractivity contribution in [2.45, 2.75) is 52.1 Å². The quantitative estimate of drug-likeness (QED) is 0.281. The number of pyridine rings is 1. The second kappa shape index (κ2) is 11.9. The van der Waals surface area contributed by atoms with Crippen LogP contribution in [0, 0.1) is 13.8 Å². The summed E-state index contributed by atoms with van der Waals surface area (Å²) in [6.07, 6.45) is 6.48. The van der Waals surface area contributed by atoms with Crippen molar-refractivity contribution in [3.63, 3.8) is 0 Å². The van der Waals surface area contributed by atoms with Crippen molar-refractivity contribution in [1.29, 1.82) is 0 Å². The van der Waals surface area contributed by atoms with Gasteiger partial charge in [0.05, 0.1) is 20.3 Å². The Morgan fingerprint density at radius 1 is 0.875 bits per heavy atom. The summed E-state index contributed by atoms with van der Waals surface area (Å²) in [5.41, 5.74) is 2.45. The van der Waals surface area contributed by atoms with Crippen LogP contribution in [0.3, 0.4) is 0 Å². The summed E-state index contributed by atoms with van der Waals surface area (Å²) in [6.45, 7) is 8.84. The van der Waals surface area contributed by atoms with Crippen LogP contribution in [-0.4, -0.2) is 73.7 Å². The van der Waals surface area contributed by atoms with E-state index in [0.29, 0.717) is 5.56 Å². The molecule has 1 N–H and O–H groups in total. The molecule has 2 unspecified atom stereocenters. The van der Waals surface area contributed by atoms with Gasteiger partial charge in [0, 0.05) is 30.4 Å². The third kappa shape index (κ3) is 5.99. The van der Waals surface area contributed by atoms with Crippen molar-refractivity contribution in [2.75, 3.05) is 18.9 Å². The van der Waals surface area contributed by atoms with Crippen molar-refractivity contribution in [1.82, 2.24) is 39.7 Å². The fourth-order valence-corrected chi connectivity index (χ4v) is 4.95. The first-order valence-corrected chi connectivity index (χ1v) is 13.9. The van der Waals surface area contributed by atoms with E-state index >= 15 is 0 Å². The second-order valence-electron chi connectivity index (χ2n) is 9.25. The molecule has 2 atom stereocenters. The number of sulfonamides is 1. The van der Waals surface area contributed by atoms with Crippen LogP contribution in [0.25, 0.3) is 17.1 Å². The monoisotopic (exact) mass is 569 g/mol. The first-order valence-electron chi connectivity index (χ1n) is 12.3. The summed E-state index contributed by atoms with van der Waals surface area (Å²) in [6, 6.07) is 1.83. The lowest BCUT2D eigenvalue weighted by atomic mass is 10.2. The summed E-state index contributed by atoms with van der Waals surface area (Å²) >= 11 is 0. The van der Waals surface area contributed by atoms with Gasteiger partial charge < -0.3 is 14.2 Å². The van der Waals surface area contributed by atoms with Gasteiger partial charge in [-0.15, -0.1) is 10.2 Å². The number of nitrogens with one attached hydrogen (secondary N) is 1. The highest BCUT2D eigenvalue weighted by atomic mass is 32.2. The highest BCUT2D eigenvalue weighted by molar-refractivity contribution is 7.93. The summed E-state index contributed by atoms with van der Waals surface area (Å²) in [5.74, 6) is 0.560. The van der Waals surface area contributed by atoms with Crippen LogP contribution < -0.4 is 14.2 Å². The summed E-state index contributed by atoms with van der Waals surface area (Å²) < 4.78 is 48.6. The normalized spacial score (nSPS) is 13.2. The molecule has 40 heavy (non-hydrogen) atoms. The predicted molar refractivity (Wildman–Crippen MR) is 146 cm³/mol. The maximum Gasteiger partial charge on any atom is 0.245 e. The first-order chi connectivity index (χ1) is 19.1. The van der Waals surface area contributed by atoms with E-state index in [4.69, 9.17) is 14.2 Å². The van der Waals surface area contributed by atoms with Crippen molar-refractivity contribution < 1.29 is 22.6 Å². The molecule has 0 saturated heterocycles. The number of methoxy groups -OCH3 is 2. The lowest BCUT2D eigenvalue weighted by Gasteiger charge is -2.25. The zero-order valence-corrected chi connectivity index (χ0v) is 24.0. The molecule has 0 spiro atoms. The van der Waals surface area contributed by atoms with Crippen LogP contribution in [0.15, 0.2) is 37.2 Å². The van der Waals surface area contributed by atoms with Gasteiger partial charge in [0.15, 0.2) is 17.3 Å². The average Bonchev–Trinajstić information content (AvgIpc) is 3.33. The number of hydrogen-bond acceptors (Lipinski definition) is 12. The molecule has 0 aliphatic rings. The predicted octanol–water partition coefficient (Wildman–Crippen LogP) is 2.84. The van der Waals surface area contributed by atoms with E-state index in [1.165, 1.54) is 32.0 Å². The zero-order chi connectivity index (χ0) is 29.0. The second-order valence-corrected chi connectivity index (χ2v) is 11.3. The maximum atomic E-state index is 13.8. The molecule has 4 heterocycles. The summed E-state index contributed by atoms with van der Waals surface area (Å²) in [4.78, 5) is 21.2. The number of nitrogens with zero attached hydrogens (tertiary/aromatic N) is 8. The van der Waals surface area contributed by atoms with Crippen LogP contribution in [0.4, 0.5) is 5.95 Å². The third-order valence-corrected chi connectivity index (χ3v) is 7.48. The fraction of sp³-hybridized carbons (Fsp3) is 0.400. The number of hydrogen-bond donors (Lipinski definition) is 1. The highest BCUT2D eigenvalue weighted by Crippen LogP contribution is 2.36. The topological polar surface area (TPSA) is 169 Å². The van der Waals surface area contributed by atoms with E-state index in [2.05, 4.69) is 39.8 Å². The molecule has 0 aliphatic carbocycles. The molecule has 0 amide bonds. The number of aromatic nitrogens is 8. The van der Waals surface area contributed by atoms with Gasteiger partial charge in [-0.1, -0.05) is 0 Å². The van der Waals surface area contributed by atoms with E-state index in [9.17, 15) is 8.42 Å². The minimum atomic E-state index is -4.18. The molecular formula is C25H31N9O5S. The lowest BCUT2D eigenvalue weighted by Crippen LogP contribution is -2.35. The molecule has 0 aliphatic heterocycles. The van der Waals surface area contributed by atoms with Gasteiger partial charge in [-0.3, -0.25) is 14.3 Å². The van der Waals surface area contributed by atoms with Crippen LogP contribution in [-0.2, 0) is 14.8 Å². The zero-order valence-electron chi connectivity index (χ0n) is 23.2. The molecule has 0 aromatic carbocycles. The number of ether oxygens (including phenoxy) is 3. The van der Waals surface area contributed by atoms with Crippen molar-refractivity contribution in [2.24, 2.45) is 0 Å². The van der Waals surface area contributed by atoms with Crippen LogP contribution in [0.1, 0.15) is 43.8 Å². The maximum absolute atomic E-state index is 13.8. The smallest absolute Gasteiger partial charge is 0.245 e. The van der Waals surface area contributed by atoms with Crippen LogP contribution >= 0.6 is 0 Å². The van der Waals surface area contributed by atoms with Crippen molar-refractivity contribution in [3.05, 3.63) is 54.1 Å². The van der Waals surface area contributed by atoms with Gasteiger partial charge >= 0.3 is 0 Å². The molecule has 0 radical (unpaired) electrons. The molecule has 4 aromatic heterocycles. The SMILES string of the molecule is COc1ncnc(OC)c1-n1c(NS(=O)(=O)C(C)C(OC(C)C)c2ncc(C)cn2)nnc1-c1cncc(C)c1. The Hall–Kier alpha value is -4.24. The summed E-state index contributed by atoms with van der Waals surface area (Å²) in [7, 11) is -1.34. The molecule has 4 aromatic rings. The standard InChI is InChI=1S/C25H31N9O5S/c1-14(2)39-20(21-27-10-16(4)11-28-21)17(5)40(35,36)33-25-32-31-22(18-8-15(3)9-26-12-18)34(25)19-23(37-6)29-13-30-24(19)38-7/h8-14,17,20H,1-7H3,(H,32,33). The van der Waals surface area contributed by atoms with Crippen LogP contribution in [0.2, 0.25) is 0 Å². The molecule has 0 bridgehead atoms. The minimum Gasteiger partial charge on any atom is -0.479 e. The highest BCUT2D eigenvalue weighted by Gasteiger charge is 2.36. The fourth-order valence-electron chi connectivity index (χ4n) is 3.87. The molecule has 14 nitrogen and oxygen atoms in total. The Labute approximate surface area is 232 Å². The number of aryl methyl sites for hydroxylation is 2. The van der Waals surface area contributed by atoms with Gasteiger partial charge in [0.25, 0.3) is 0 Å². The average molecular weight is 570 g/mol. The molecule has 0 fully saturated rings. The Kier molecular flexibility index (Phi) is 8.54. The van der Waals surface area contributed by atoms with Crippen molar-refractivity contribution in [3.8, 4) is 28.8 Å². The lowest BCUT2D eigenvalue weighted by molar-refractivity contribution is 0.00152. The molecule has 4 rings (SSSR count). The van der Waals surface area contributed by atoms with E-state index < -0.39 is 21.4 Å². The van der Waals surface area contributed by atoms with E-state index in [0.717, 1.165) is 11.1 Å². The number of anilines is 1. The van der Waals surface area contributed by atoms with Gasteiger partial charge in [-0.2, -0.15) is 9.97 Å². The van der Waals surface area contributed by atoms with Crippen molar-refractivity contribution >= 4 is 16.0 Å². The number of rotatable bonds is 11. The molecule has 0 saturated carbocycles. The summed E-state index contributed by atoms with van der Waals surface area (Å²) in [5, 5.41) is 7.32. The first kappa shape index (κ1) is 28.8.